The predicted molar refractivity (Wildman–Crippen MR) is 144 cm³/mol. The summed E-state index contributed by atoms with van der Waals surface area (Å²) in [6.07, 6.45) is 6.21. The molecule has 0 spiro atoms. The topological polar surface area (TPSA) is 101 Å². The molecule has 0 bridgehead atoms. The number of carbonyl (C=O) groups excluding carboxylic acids is 2. The second-order valence-electron chi connectivity index (χ2n) is 15.0. The fraction of sp³-hybridized carbons (Fsp3) is 0.844. The normalized spacial score (nSPS) is 49.2. The standard InChI is InChI=1S/C32H48O6/c1-18(17-38-19(2)33)20-10-13-32(27(36)37)15-14-30(6)21(26(20)32)8-9-22-29(5)12-11-24(34)28(3,4)23(29)16-25(35)31(22,30)7/h20-23,25-26,35H,1,8-17H2,2-7H3,(H,36,37)/t20-,21+,22+,23-,25-,26+,29+,30+,31-,32-/m0/s1. The summed E-state index contributed by atoms with van der Waals surface area (Å²) in [6.45, 7) is 17.0. The fourth-order valence-corrected chi connectivity index (χ4v) is 11.5. The minimum atomic E-state index is -0.789. The second kappa shape index (κ2) is 8.65. The lowest BCUT2D eigenvalue weighted by molar-refractivity contribution is -0.271. The number of Topliss-reactive ketones (excluding diaryl/α,β-unsaturated/α-hetero) is 1. The largest absolute Gasteiger partial charge is 0.481 e. The van der Waals surface area contributed by atoms with Crippen LogP contribution in [-0.4, -0.2) is 40.6 Å². The lowest BCUT2D eigenvalue weighted by Crippen LogP contribution is -2.70. The molecule has 0 aromatic carbocycles. The van der Waals surface area contributed by atoms with E-state index in [1.54, 1.807) is 0 Å². The van der Waals surface area contributed by atoms with Crippen molar-refractivity contribution in [3.63, 3.8) is 0 Å². The molecule has 10 atom stereocenters. The van der Waals surface area contributed by atoms with E-state index in [1.165, 1.54) is 6.92 Å². The average molecular weight is 529 g/mol. The number of carboxylic acid groups (broad SMARTS) is 1. The highest BCUT2D eigenvalue weighted by molar-refractivity contribution is 5.85. The molecule has 6 heteroatoms. The maximum atomic E-state index is 13.0. The Morgan fingerprint density at radius 2 is 1.68 bits per heavy atom. The van der Waals surface area contributed by atoms with Crippen LogP contribution in [0.25, 0.3) is 0 Å². The van der Waals surface area contributed by atoms with E-state index in [-0.39, 0.29) is 58.4 Å². The average Bonchev–Trinajstić information content (AvgIpc) is 3.24. The van der Waals surface area contributed by atoms with Crippen LogP contribution in [0, 0.1) is 56.7 Å². The molecule has 0 unspecified atom stereocenters. The Bertz CT molecular complexity index is 1060. The highest BCUT2D eigenvalue weighted by Crippen LogP contribution is 2.77. The molecule has 212 valence electrons. The van der Waals surface area contributed by atoms with Gasteiger partial charge in [-0.15, -0.1) is 0 Å². The van der Waals surface area contributed by atoms with Gasteiger partial charge in [0, 0.05) is 24.2 Å². The van der Waals surface area contributed by atoms with Crippen molar-refractivity contribution in [2.24, 2.45) is 56.7 Å². The molecule has 0 heterocycles. The van der Waals surface area contributed by atoms with Crippen LogP contribution < -0.4 is 0 Å². The third-order valence-electron chi connectivity index (χ3n) is 13.7. The monoisotopic (exact) mass is 528 g/mol. The van der Waals surface area contributed by atoms with Crippen molar-refractivity contribution in [1.29, 1.82) is 0 Å². The number of hydrogen-bond acceptors (Lipinski definition) is 5. The number of ether oxygens (including phenoxy) is 1. The number of esters is 1. The van der Waals surface area contributed by atoms with Gasteiger partial charge in [-0.05, 0) is 97.4 Å². The molecule has 5 saturated carbocycles. The maximum absolute atomic E-state index is 13.0. The van der Waals surface area contributed by atoms with Crippen LogP contribution in [0.3, 0.4) is 0 Å². The van der Waals surface area contributed by atoms with Crippen molar-refractivity contribution >= 4 is 17.7 Å². The van der Waals surface area contributed by atoms with Gasteiger partial charge in [-0.25, -0.2) is 0 Å². The van der Waals surface area contributed by atoms with Gasteiger partial charge in [-0.2, -0.15) is 0 Å². The Balaban J connectivity index is 1.56. The minimum Gasteiger partial charge on any atom is -0.481 e. The molecule has 0 aliphatic heterocycles. The fourth-order valence-electron chi connectivity index (χ4n) is 11.5. The molecule has 0 aromatic rings. The lowest BCUT2D eigenvalue weighted by atomic mass is 9.31. The van der Waals surface area contributed by atoms with Crippen molar-refractivity contribution in [2.45, 2.75) is 105 Å². The first-order valence-corrected chi connectivity index (χ1v) is 14.8. The van der Waals surface area contributed by atoms with Gasteiger partial charge < -0.3 is 14.9 Å². The third kappa shape index (κ3) is 3.37. The molecule has 5 fully saturated rings. The summed E-state index contributed by atoms with van der Waals surface area (Å²) in [7, 11) is 0. The van der Waals surface area contributed by atoms with E-state index in [2.05, 4.69) is 41.2 Å². The Labute approximate surface area is 228 Å². The van der Waals surface area contributed by atoms with Crippen LogP contribution in [0.2, 0.25) is 0 Å². The van der Waals surface area contributed by atoms with Gasteiger partial charge in [0.2, 0.25) is 0 Å². The number of carbonyl (C=O) groups is 3. The van der Waals surface area contributed by atoms with Gasteiger partial charge in [0.05, 0.1) is 11.5 Å². The molecule has 5 aliphatic carbocycles. The SMILES string of the molecule is C=C(COC(C)=O)[C@@H]1CC[C@]2(C(=O)O)CC[C@]3(C)[C@H](CC[C@@H]4[C@@]5(C)CCC(=O)C(C)(C)[C@@H]5C[C@H](O)[C@]43C)[C@@H]12. The van der Waals surface area contributed by atoms with Crippen molar-refractivity contribution < 1.29 is 29.3 Å². The Kier molecular flexibility index (Phi) is 6.34. The number of aliphatic carboxylic acids is 1. The van der Waals surface area contributed by atoms with Gasteiger partial charge in [0.25, 0.3) is 0 Å². The summed E-state index contributed by atoms with van der Waals surface area (Å²) in [4.78, 5) is 37.5. The van der Waals surface area contributed by atoms with Gasteiger partial charge in [-0.3, -0.25) is 14.4 Å². The number of aliphatic hydroxyl groups is 1. The number of fused-ring (bicyclic) bond motifs is 7. The van der Waals surface area contributed by atoms with Crippen molar-refractivity contribution in [3.8, 4) is 0 Å². The van der Waals surface area contributed by atoms with Gasteiger partial charge in [-0.1, -0.05) is 41.2 Å². The zero-order valence-electron chi connectivity index (χ0n) is 24.3. The van der Waals surface area contributed by atoms with E-state index in [9.17, 15) is 24.6 Å². The molecule has 38 heavy (non-hydrogen) atoms. The summed E-state index contributed by atoms with van der Waals surface area (Å²) in [5, 5.41) is 22.7. The van der Waals surface area contributed by atoms with E-state index < -0.39 is 22.9 Å². The van der Waals surface area contributed by atoms with Crippen LogP contribution >= 0.6 is 0 Å². The van der Waals surface area contributed by atoms with Gasteiger partial charge in [0.15, 0.2) is 0 Å². The van der Waals surface area contributed by atoms with Crippen LogP contribution in [0.1, 0.15) is 99.3 Å². The molecule has 0 aromatic heterocycles. The molecule has 0 radical (unpaired) electrons. The van der Waals surface area contributed by atoms with Crippen LogP contribution in [0.4, 0.5) is 0 Å². The maximum Gasteiger partial charge on any atom is 0.309 e. The van der Waals surface area contributed by atoms with E-state index in [0.29, 0.717) is 31.5 Å². The molecule has 5 aliphatic rings. The van der Waals surface area contributed by atoms with E-state index in [1.807, 2.05) is 0 Å². The number of rotatable bonds is 4. The molecule has 2 N–H and O–H groups in total. The zero-order valence-corrected chi connectivity index (χ0v) is 24.3. The van der Waals surface area contributed by atoms with E-state index >= 15 is 0 Å². The Morgan fingerprint density at radius 3 is 2.32 bits per heavy atom. The number of ketones is 1. The van der Waals surface area contributed by atoms with Gasteiger partial charge >= 0.3 is 11.9 Å². The zero-order chi connectivity index (χ0) is 28.1. The summed E-state index contributed by atoms with van der Waals surface area (Å²) >= 11 is 0. The van der Waals surface area contributed by atoms with Crippen LogP contribution in [0.15, 0.2) is 12.2 Å². The van der Waals surface area contributed by atoms with E-state index in [4.69, 9.17) is 4.74 Å². The molecule has 0 saturated heterocycles. The molecule has 6 nitrogen and oxygen atoms in total. The summed E-state index contributed by atoms with van der Waals surface area (Å²) in [5.41, 5.74) is -1.04. The van der Waals surface area contributed by atoms with Gasteiger partial charge in [0.1, 0.15) is 12.4 Å². The molecule has 5 rings (SSSR count). The van der Waals surface area contributed by atoms with Crippen molar-refractivity contribution in [3.05, 3.63) is 12.2 Å². The Hall–Kier alpha value is -1.69. The van der Waals surface area contributed by atoms with Crippen molar-refractivity contribution in [2.75, 3.05) is 6.61 Å². The molecular formula is C32H48O6. The Morgan fingerprint density at radius 1 is 1.00 bits per heavy atom. The highest BCUT2D eigenvalue weighted by atomic mass is 16.5. The number of aliphatic hydroxyl groups excluding tert-OH is 1. The lowest BCUT2D eigenvalue weighted by Gasteiger charge is -2.73. The third-order valence-corrected chi connectivity index (χ3v) is 13.7. The highest BCUT2D eigenvalue weighted by Gasteiger charge is 2.74. The molecular weight excluding hydrogens is 480 g/mol. The van der Waals surface area contributed by atoms with Crippen LogP contribution in [-0.2, 0) is 19.1 Å². The smallest absolute Gasteiger partial charge is 0.309 e. The quantitative estimate of drug-likeness (QED) is 0.353. The first-order valence-electron chi connectivity index (χ1n) is 14.8. The predicted octanol–water partition coefficient (Wildman–Crippen LogP) is 5.81. The minimum absolute atomic E-state index is 0.00877. The van der Waals surface area contributed by atoms with E-state index in [0.717, 1.165) is 37.7 Å². The summed E-state index contributed by atoms with van der Waals surface area (Å²) in [5.74, 6) is -0.261. The van der Waals surface area contributed by atoms with Crippen LogP contribution in [0.5, 0.6) is 0 Å². The summed E-state index contributed by atoms with van der Waals surface area (Å²) < 4.78 is 5.32. The summed E-state index contributed by atoms with van der Waals surface area (Å²) in [6, 6.07) is 0. The first-order chi connectivity index (χ1) is 17.6. The first kappa shape index (κ1) is 27.9. The number of carboxylic acids is 1. The number of hydrogen-bond donors (Lipinski definition) is 2. The molecule has 0 amide bonds. The second-order valence-corrected chi connectivity index (χ2v) is 15.0. The van der Waals surface area contributed by atoms with Crippen molar-refractivity contribution in [1.82, 2.24) is 0 Å².